The van der Waals surface area contributed by atoms with Crippen LogP contribution in [0.4, 0.5) is 0 Å². The number of methoxy groups -OCH3 is 1. The van der Waals surface area contributed by atoms with Crippen molar-refractivity contribution < 1.29 is 23.6 Å². The van der Waals surface area contributed by atoms with Gasteiger partial charge in [0.2, 0.25) is 12.0 Å². The van der Waals surface area contributed by atoms with Crippen molar-refractivity contribution in [3.63, 3.8) is 0 Å². The Morgan fingerprint density at radius 2 is 2.23 bits per heavy atom. The highest BCUT2D eigenvalue weighted by molar-refractivity contribution is 9.10. The molecule has 0 unspecified atom stereocenters. The van der Waals surface area contributed by atoms with Crippen molar-refractivity contribution in [3.8, 4) is 11.5 Å². The lowest BCUT2D eigenvalue weighted by atomic mass is 10.2. The number of halogens is 1. The van der Waals surface area contributed by atoms with Gasteiger partial charge in [-0.15, -0.1) is 0 Å². The van der Waals surface area contributed by atoms with Crippen LogP contribution in [-0.4, -0.2) is 18.0 Å². The fraction of sp³-hybridized carbons (Fsp3) is 0.0714. The number of furan rings is 1. The number of benzene rings is 1. The van der Waals surface area contributed by atoms with Gasteiger partial charge in [0, 0.05) is 6.08 Å². The van der Waals surface area contributed by atoms with Gasteiger partial charge < -0.3 is 13.9 Å². The maximum Gasteiger partial charge on any atom is 0.379 e. The van der Waals surface area contributed by atoms with Crippen LogP contribution in [0.5, 0.6) is 11.5 Å². The van der Waals surface area contributed by atoms with Gasteiger partial charge in [0.25, 0.3) is 0 Å². The summed E-state index contributed by atoms with van der Waals surface area (Å²) >= 11 is 3.25. The molecule has 2 rings (SSSR count). The summed E-state index contributed by atoms with van der Waals surface area (Å²) < 4.78 is 15.7. The average Bonchev–Trinajstić information content (AvgIpc) is 3.01. The predicted octanol–water partition coefficient (Wildman–Crippen LogP) is 3.52. The average molecular weight is 368 g/mol. The maximum atomic E-state index is 11.9. The Morgan fingerprint density at radius 1 is 1.45 bits per heavy atom. The number of hydrogen-bond acceptors (Lipinski definition) is 6. The van der Waals surface area contributed by atoms with Gasteiger partial charge in [-0.3, -0.25) is 10.1 Å². The number of nitro groups is 1. The Morgan fingerprint density at radius 3 is 2.82 bits per heavy atom. The predicted molar refractivity (Wildman–Crippen MR) is 80.4 cm³/mol. The maximum absolute atomic E-state index is 11.9. The van der Waals surface area contributed by atoms with Gasteiger partial charge >= 0.3 is 5.97 Å². The van der Waals surface area contributed by atoms with Crippen LogP contribution in [0.25, 0.3) is 6.08 Å². The Balaban J connectivity index is 2.31. The van der Waals surface area contributed by atoms with E-state index in [1.54, 1.807) is 12.1 Å². The molecule has 0 radical (unpaired) electrons. The zero-order chi connectivity index (χ0) is 16.1. The van der Waals surface area contributed by atoms with E-state index in [4.69, 9.17) is 13.9 Å². The van der Waals surface area contributed by atoms with Crippen LogP contribution in [0, 0.1) is 10.1 Å². The Hall–Kier alpha value is -2.61. The van der Waals surface area contributed by atoms with Crippen molar-refractivity contribution in [1.29, 1.82) is 0 Å². The molecular weight excluding hydrogens is 358 g/mol. The minimum absolute atomic E-state index is 0.0475. The molecule has 0 amide bonds. The first-order chi connectivity index (χ1) is 10.5. The van der Waals surface area contributed by atoms with E-state index >= 15 is 0 Å². The highest BCUT2D eigenvalue weighted by Gasteiger charge is 2.18. The van der Waals surface area contributed by atoms with Crippen molar-refractivity contribution in [3.05, 3.63) is 62.6 Å². The first kappa shape index (κ1) is 15.8. The van der Waals surface area contributed by atoms with Gasteiger partial charge in [-0.2, -0.15) is 0 Å². The number of carbonyl (C=O) groups excluding carboxylic acids is 1. The standard InChI is InChI=1S/C14H10BrNO6/c1-20-12-8-9(4-5-16(18)19)7-10(15)13(12)22-14(17)11-3-2-6-21-11/h2-8H,1H3/b5-4+. The molecule has 1 aromatic carbocycles. The third-order valence-corrected chi connectivity index (χ3v) is 3.15. The van der Waals surface area contributed by atoms with Gasteiger partial charge in [-0.25, -0.2) is 4.79 Å². The summed E-state index contributed by atoms with van der Waals surface area (Å²) in [6, 6.07) is 6.11. The summed E-state index contributed by atoms with van der Waals surface area (Å²) in [6.07, 6.45) is 3.45. The zero-order valence-electron chi connectivity index (χ0n) is 11.3. The van der Waals surface area contributed by atoms with Crippen molar-refractivity contribution in [2.45, 2.75) is 0 Å². The van der Waals surface area contributed by atoms with Gasteiger partial charge in [0.05, 0.1) is 22.8 Å². The molecule has 0 aliphatic rings. The lowest BCUT2D eigenvalue weighted by molar-refractivity contribution is -0.400. The molecule has 0 spiro atoms. The molecule has 7 nitrogen and oxygen atoms in total. The van der Waals surface area contributed by atoms with Crippen LogP contribution < -0.4 is 9.47 Å². The second-order valence-corrected chi connectivity index (χ2v) is 4.86. The molecule has 0 aliphatic heterocycles. The number of hydrogen-bond donors (Lipinski definition) is 0. The molecule has 2 aromatic rings. The molecule has 114 valence electrons. The van der Waals surface area contributed by atoms with E-state index in [9.17, 15) is 14.9 Å². The molecule has 0 bridgehead atoms. The van der Waals surface area contributed by atoms with Gasteiger partial charge in [-0.05, 0) is 45.8 Å². The monoisotopic (exact) mass is 367 g/mol. The molecule has 0 atom stereocenters. The topological polar surface area (TPSA) is 91.8 Å². The van der Waals surface area contributed by atoms with E-state index in [1.807, 2.05) is 0 Å². The number of rotatable bonds is 5. The van der Waals surface area contributed by atoms with E-state index in [1.165, 1.54) is 31.6 Å². The van der Waals surface area contributed by atoms with E-state index in [0.717, 1.165) is 6.20 Å². The highest BCUT2D eigenvalue weighted by Crippen LogP contribution is 2.37. The molecular formula is C14H10BrNO6. The molecule has 0 saturated heterocycles. The van der Waals surface area contributed by atoms with Crippen LogP contribution in [0.2, 0.25) is 0 Å². The molecule has 0 saturated carbocycles. The van der Waals surface area contributed by atoms with Crippen LogP contribution in [0.15, 0.2) is 45.6 Å². The summed E-state index contributed by atoms with van der Waals surface area (Å²) in [5, 5.41) is 10.4. The highest BCUT2D eigenvalue weighted by atomic mass is 79.9. The Bertz CT molecular complexity index is 723. The number of nitrogens with zero attached hydrogens (tertiary/aromatic N) is 1. The molecule has 1 aromatic heterocycles. The normalized spacial score (nSPS) is 10.6. The lowest BCUT2D eigenvalue weighted by Gasteiger charge is -2.11. The first-order valence-electron chi connectivity index (χ1n) is 5.96. The van der Waals surface area contributed by atoms with Crippen LogP contribution in [0.1, 0.15) is 16.1 Å². The third kappa shape index (κ3) is 3.73. The van der Waals surface area contributed by atoms with E-state index in [0.29, 0.717) is 10.0 Å². The Kier molecular flexibility index (Phi) is 4.95. The largest absolute Gasteiger partial charge is 0.493 e. The number of ether oxygens (including phenoxy) is 2. The minimum atomic E-state index is -0.683. The molecule has 0 aliphatic carbocycles. The summed E-state index contributed by atoms with van der Waals surface area (Å²) in [6.45, 7) is 0. The quantitative estimate of drug-likeness (QED) is 0.347. The van der Waals surface area contributed by atoms with Crippen molar-refractivity contribution in [1.82, 2.24) is 0 Å². The van der Waals surface area contributed by atoms with Crippen molar-refractivity contribution in [2.24, 2.45) is 0 Å². The second kappa shape index (κ2) is 6.90. The van der Waals surface area contributed by atoms with E-state index in [-0.39, 0.29) is 17.3 Å². The fourth-order valence-corrected chi connectivity index (χ4v) is 2.16. The van der Waals surface area contributed by atoms with Gasteiger partial charge in [0.1, 0.15) is 0 Å². The number of esters is 1. The summed E-state index contributed by atoms with van der Waals surface area (Å²) in [5.74, 6) is -0.233. The fourth-order valence-electron chi connectivity index (χ4n) is 1.62. The Labute approximate surface area is 133 Å². The molecule has 0 N–H and O–H groups in total. The molecule has 22 heavy (non-hydrogen) atoms. The first-order valence-corrected chi connectivity index (χ1v) is 6.75. The van der Waals surface area contributed by atoms with Gasteiger partial charge in [0.15, 0.2) is 11.5 Å². The van der Waals surface area contributed by atoms with Crippen LogP contribution in [0.3, 0.4) is 0 Å². The molecule has 0 fully saturated rings. The third-order valence-electron chi connectivity index (χ3n) is 2.56. The summed E-state index contributed by atoms with van der Waals surface area (Å²) in [7, 11) is 1.40. The summed E-state index contributed by atoms with van der Waals surface area (Å²) in [4.78, 5) is 21.7. The SMILES string of the molecule is COc1cc(/C=C/[N+](=O)[O-])cc(Br)c1OC(=O)c1ccco1. The lowest BCUT2D eigenvalue weighted by Crippen LogP contribution is -2.08. The smallest absolute Gasteiger partial charge is 0.379 e. The number of carbonyl (C=O) groups is 1. The minimum Gasteiger partial charge on any atom is -0.493 e. The zero-order valence-corrected chi connectivity index (χ0v) is 12.9. The molecule has 1 heterocycles. The summed E-state index contributed by atoms with van der Waals surface area (Å²) in [5.41, 5.74) is 0.512. The van der Waals surface area contributed by atoms with Crippen LogP contribution in [-0.2, 0) is 0 Å². The van der Waals surface area contributed by atoms with Crippen LogP contribution >= 0.6 is 15.9 Å². The van der Waals surface area contributed by atoms with Crippen molar-refractivity contribution >= 4 is 28.0 Å². The van der Waals surface area contributed by atoms with Gasteiger partial charge in [-0.1, -0.05) is 0 Å². The van der Waals surface area contributed by atoms with Crippen molar-refractivity contribution in [2.75, 3.05) is 7.11 Å². The van der Waals surface area contributed by atoms with E-state index in [2.05, 4.69) is 15.9 Å². The van der Waals surface area contributed by atoms with E-state index < -0.39 is 10.9 Å². The second-order valence-electron chi connectivity index (χ2n) is 4.00. The molecule has 8 heteroatoms.